The van der Waals surface area contributed by atoms with Gasteiger partial charge in [0.25, 0.3) is 5.91 Å². The number of carbonyl (C=O) groups is 1. The summed E-state index contributed by atoms with van der Waals surface area (Å²) in [6.07, 6.45) is -0.108. The molecule has 4 nitrogen and oxygen atoms in total. The molecule has 0 aromatic heterocycles. The second-order valence-corrected chi connectivity index (χ2v) is 5.08. The molecule has 2 rings (SSSR count). The van der Waals surface area contributed by atoms with E-state index in [1.54, 1.807) is 23.1 Å². The van der Waals surface area contributed by atoms with Gasteiger partial charge in [-0.15, -0.1) is 12.4 Å². The fourth-order valence-corrected chi connectivity index (χ4v) is 2.34. The number of benzene rings is 1. The molecule has 0 spiro atoms. The van der Waals surface area contributed by atoms with Crippen molar-refractivity contribution in [1.82, 2.24) is 10.2 Å². The van der Waals surface area contributed by atoms with Gasteiger partial charge >= 0.3 is 0 Å². The molecule has 2 atom stereocenters. The van der Waals surface area contributed by atoms with Crippen LogP contribution in [0.3, 0.4) is 0 Å². The fraction of sp³-hybridized carbons (Fsp3) is 0.533. The molecule has 6 heteroatoms. The third kappa shape index (κ3) is 4.58. The van der Waals surface area contributed by atoms with E-state index in [4.69, 9.17) is 4.74 Å². The summed E-state index contributed by atoms with van der Waals surface area (Å²) in [6.45, 7) is 6.02. The predicted molar refractivity (Wildman–Crippen MR) is 82.4 cm³/mol. The Morgan fingerprint density at radius 3 is 2.86 bits per heavy atom. The maximum atomic E-state index is 13.6. The first-order valence-electron chi connectivity index (χ1n) is 7.05. The Morgan fingerprint density at radius 2 is 2.24 bits per heavy atom. The Morgan fingerprint density at radius 1 is 1.52 bits per heavy atom. The molecule has 1 N–H and O–H groups in total. The van der Waals surface area contributed by atoms with E-state index in [1.807, 2.05) is 13.8 Å². The van der Waals surface area contributed by atoms with E-state index in [0.717, 1.165) is 6.54 Å². The number of ether oxygens (including phenoxy) is 1. The van der Waals surface area contributed by atoms with E-state index in [9.17, 15) is 9.18 Å². The summed E-state index contributed by atoms with van der Waals surface area (Å²) in [4.78, 5) is 14.2. The molecule has 118 valence electrons. The summed E-state index contributed by atoms with van der Waals surface area (Å²) in [5.74, 6) is -0.368. The maximum Gasteiger partial charge on any atom is 0.263 e. The van der Waals surface area contributed by atoms with Crippen LogP contribution in [0.5, 0.6) is 5.75 Å². The molecule has 1 aliphatic heterocycles. The lowest BCUT2D eigenvalue weighted by molar-refractivity contribution is -0.140. The topological polar surface area (TPSA) is 41.6 Å². The third-order valence-corrected chi connectivity index (χ3v) is 3.43. The molecule has 1 aromatic rings. The van der Waals surface area contributed by atoms with Crippen molar-refractivity contribution < 1.29 is 13.9 Å². The van der Waals surface area contributed by atoms with Crippen molar-refractivity contribution >= 4 is 18.3 Å². The first-order valence-corrected chi connectivity index (χ1v) is 7.05. The number of hydrogen-bond donors (Lipinski definition) is 1. The largest absolute Gasteiger partial charge is 0.478 e. The van der Waals surface area contributed by atoms with Crippen molar-refractivity contribution in [2.45, 2.75) is 32.4 Å². The van der Waals surface area contributed by atoms with Crippen molar-refractivity contribution in [2.24, 2.45) is 0 Å². The molecule has 0 radical (unpaired) electrons. The highest BCUT2D eigenvalue weighted by Gasteiger charge is 2.28. The van der Waals surface area contributed by atoms with Gasteiger partial charge in [-0.05, 0) is 25.5 Å². The van der Waals surface area contributed by atoms with Crippen molar-refractivity contribution in [1.29, 1.82) is 0 Å². The van der Waals surface area contributed by atoms with Gasteiger partial charge in [0.15, 0.2) is 17.7 Å². The van der Waals surface area contributed by atoms with Gasteiger partial charge in [-0.25, -0.2) is 4.39 Å². The molecule has 1 saturated heterocycles. The van der Waals surface area contributed by atoms with E-state index in [0.29, 0.717) is 19.5 Å². The van der Waals surface area contributed by atoms with Crippen LogP contribution < -0.4 is 10.1 Å². The van der Waals surface area contributed by atoms with Crippen LogP contribution >= 0.6 is 12.4 Å². The summed E-state index contributed by atoms with van der Waals surface area (Å²) in [5, 5.41) is 3.29. The molecular weight excluding hydrogens is 295 g/mol. The second kappa shape index (κ2) is 8.20. The summed E-state index contributed by atoms with van der Waals surface area (Å²) in [7, 11) is 0. The van der Waals surface area contributed by atoms with Crippen molar-refractivity contribution in [3.63, 3.8) is 0 Å². The van der Waals surface area contributed by atoms with Gasteiger partial charge < -0.3 is 15.0 Å². The second-order valence-electron chi connectivity index (χ2n) is 5.08. The van der Waals surface area contributed by atoms with Crippen LogP contribution in [0.2, 0.25) is 0 Å². The monoisotopic (exact) mass is 316 g/mol. The number of amides is 1. The number of nitrogens with one attached hydrogen (secondary N) is 1. The highest BCUT2D eigenvalue weighted by atomic mass is 35.5. The zero-order chi connectivity index (χ0) is 14.5. The SMILES string of the molecule is CCC(Oc1ccccc1F)C(=O)N1CCNC(C)C1.Cl. The van der Waals surface area contributed by atoms with Gasteiger partial charge in [-0.1, -0.05) is 19.1 Å². The van der Waals surface area contributed by atoms with Crippen LogP contribution in [0.25, 0.3) is 0 Å². The van der Waals surface area contributed by atoms with Crippen LogP contribution in [-0.4, -0.2) is 42.6 Å². The van der Waals surface area contributed by atoms with Gasteiger partial charge in [0, 0.05) is 25.7 Å². The molecule has 1 fully saturated rings. The number of piperazine rings is 1. The molecule has 0 saturated carbocycles. The molecule has 21 heavy (non-hydrogen) atoms. The Hall–Kier alpha value is -1.33. The molecule has 0 bridgehead atoms. The van der Waals surface area contributed by atoms with Crippen LogP contribution in [-0.2, 0) is 4.79 Å². The lowest BCUT2D eigenvalue weighted by atomic mass is 10.2. The van der Waals surface area contributed by atoms with Crippen LogP contribution in [0.15, 0.2) is 24.3 Å². The van der Waals surface area contributed by atoms with Crippen molar-refractivity contribution in [3.05, 3.63) is 30.1 Å². The standard InChI is InChI=1S/C15H21FN2O2.ClH/c1-3-13(20-14-7-5-4-6-12(14)16)15(19)18-9-8-17-11(2)10-18;/h4-7,11,13,17H,3,8-10H2,1-2H3;1H. The van der Waals surface area contributed by atoms with Crippen molar-refractivity contribution in [3.8, 4) is 5.75 Å². The minimum absolute atomic E-state index is 0. The van der Waals surface area contributed by atoms with E-state index in [2.05, 4.69) is 5.32 Å². The number of para-hydroxylation sites is 1. The number of nitrogens with zero attached hydrogens (tertiary/aromatic N) is 1. The van der Waals surface area contributed by atoms with Crippen LogP contribution in [0.4, 0.5) is 4.39 Å². The summed E-state index contributed by atoms with van der Waals surface area (Å²) in [5.41, 5.74) is 0. The average molecular weight is 317 g/mol. The van der Waals surface area contributed by atoms with E-state index in [1.165, 1.54) is 6.07 Å². The van der Waals surface area contributed by atoms with Crippen LogP contribution in [0, 0.1) is 5.82 Å². The van der Waals surface area contributed by atoms with Gasteiger partial charge in [-0.3, -0.25) is 4.79 Å². The number of carbonyl (C=O) groups excluding carboxylic acids is 1. The number of halogens is 2. The molecule has 1 aromatic carbocycles. The number of rotatable bonds is 4. The Bertz CT molecular complexity index is 473. The molecule has 0 aliphatic carbocycles. The Balaban J connectivity index is 0.00000220. The van der Waals surface area contributed by atoms with E-state index >= 15 is 0 Å². The molecular formula is C15H22ClFN2O2. The van der Waals surface area contributed by atoms with Crippen molar-refractivity contribution in [2.75, 3.05) is 19.6 Å². The van der Waals surface area contributed by atoms with E-state index in [-0.39, 0.29) is 30.1 Å². The minimum atomic E-state index is -0.628. The highest BCUT2D eigenvalue weighted by molar-refractivity contribution is 5.85. The zero-order valence-electron chi connectivity index (χ0n) is 12.3. The summed E-state index contributed by atoms with van der Waals surface area (Å²) < 4.78 is 19.2. The molecule has 1 aliphatic rings. The fourth-order valence-electron chi connectivity index (χ4n) is 2.34. The minimum Gasteiger partial charge on any atom is -0.478 e. The predicted octanol–water partition coefficient (Wildman–Crippen LogP) is 2.23. The van der Waals surface area contributed by atoms with Gasteiger partial charge in [0.05, 0.1) is 0 Å². The normalized spacial score (nSPS) is 19.6. The maximum absolute atomic E-state index is 13.6. The van der Waals surface area contributed by atoms with Gasteiger partial charge in [0.1, 0.15) is 0 Å². The first-order chi connectivity index (χ1) is 9.61. The smallest absolute Gasteiger partial charge is 0.263 e. The van der Waals surface area contributed by atoms with Gasteiger partial charge in [0.2, 0.25) is 0 Å². The Labute approximate surface area is 131 Å². The van der Waals surface area contributed by atoms with E-state index < -0.39 is 11.9 Å². The molecule has 1 amide bonds. The zero-order valence-corrected chi connectivity index (χ0v) is 13.2. The Kier molecular flexibility index (Phi) is 6.92. The lowest BCUT2D eigenvalue weighted by Crippen LogP contribution is -2.54. The molecule has 1 heterocycles. The quantitative estimate of drug-likeness (QED) is 0.926. The average Bonchev–Trinajstić information content (AvgIpc) is 2.46. The number of hydrogen-bond acceptors (Lipinski definition) is 3. The summed E-state index contributed by atoms with van der Waals surface area (Å²) in [6, 6.07) is 6.45. The van der Waals surface area contributed by atoms with Gasteiger partial charge in [-0.2, -0.15) is 0 Å². The first kappa shape index (κ1) is 17.7. The third-order valence-electron chi connectivity index (χ3n) is 3.43. The lowest BCUT2D eigenvalue weighted by Gasteiger charge is -2.34. The highest BCUT2D eigenvalue weighted by Crippen LogP contribution is 2.19. The summed E-state index contributed by atoms with van der Waals surface area (Å²) >= 11 is 0. The van der Waals surface area contributed by atoms with Crippen LogP contribution in [0.1, 0.15) is 20.3 Å². The molecule has 2 unspecified atom stereocenters.